The summed E-state index contributed by atoms with van der Waals surface area (Å²) in [4.78, 5) is 2.75. The fourth-order valence-electron chi connectivity index (χ4n) is 2.61. The molecule has 0 N–H and O–H groups in total. The molecule has 0 atom stereocenters. The van der Waals surface area contributed by atoms with Crippen molar-refractivity contribution < 1.29 is 0 Å². The van der Waals surface area contributed by atoms with Crippen LogP contribution in [0.1, 0.15) is 0 Å². The average Bonchev–Trinajstić information content (AvgIpc) is 2.64. The standard InChI is InChI=1S/C20H19PS2/c1-22-19-14-8-6-12-17(19)21(16-10-4-3-5-11-16)18-13-7-9-15-20(18)23-2/h3-15H,1-2H3. The molecule has 0 aliphatic heterocycles. The van der Waals surface area contributed by atoms with E-state index in [1.165, 1.54) is 25.7 Å². The molecule has 0 aliphatic carbocycles. The summed E-state index contributed by atoms with van der Waals surface area (Å²) < 4.78 is 0. The number of hydrogen-bond acceptors (Lipinski definition) is 2. The lowest BCUT2D eigenvalue weighted by Gasteiger charge is -2.23. The number of benzene rings is 3. The maximum absolute atomic E-state index is 2.29. The van der Waals surface area contributed by atoms with Crippen LogP contribution in [-0.2, 0) is 0 Å². The molecule has 0 unspecified atom stereocenters. The summed E-state index contributed by atoms with van der Waals surface area (Å²) in [5.74, 6) is 0. The molecular formula is C20H19PS2. The summed E-state index contributed by atoms with van der Waals surface area (Å²) in [5.41, 5.74) is 0. The zero-order chi connectivity index (χ0) is 16.1. The Balaban J connectivity index is 2.23. The minimum Gasteiger partial charge on any atom is -0.129 e. The van der Waals surface area contributed by atoms with Gasteiger partial charge in [-0.1, -0.05) is 66.7 Å². The first-order valence-electron chi connectivity index (χ1n) is 7.46. The first kappa shape index (κ1) is 16.6. The molecule has 0 nitrogen and oxygen atoms in total. The molecule has 0 radical (unpaired) electrons. The maximum atomic E-state index is 2.29. The lowest BCUT2D eigenvalue weighted by molar-refractivity contribution is 1.51. The Morgan fingerprint density at radius 1 is 0.565 bits per heavy atom. The van der Waals surface area contributed by atoms with Gasteiger partial charge in [0.05, 0.1) is 0 Å². The fourth-order valence-corrected chi connectivity index (χ4v) is 7.04. The predicted molar refractivity (Wildman–Crippen MR) is 109 cm³/mol. The highest BCUT2D eigenvalue weighted by molar-refractivity contribution is 8.00. The van der Waals surface area contributed by atoms with E-state index in [9.17, 15) is 0 Å². The van der Waals surface area contributed by atoms with Crippen molar-refractivity contribution >= 4 is 47.4 Å². The van der Waals surface area contributed by atoms with Gasteiger partial charge in [-0.3, -0.25) is 0 Å². The van der Waals surface area contributed by atoms with Crippen LogP contribution >= 0.6 is 31.4 Å². The van der Waals surface area contributed by atoms with E-state index < -0.39 is 7.92 Å². The van der Waals surface area contributed by atoms with E-state index in [0.717, 1.165) is 0 Å². The lowest BCUT2D eigenvalue weighted by atomic mass is 10.3. The minimum absolute atomic E-state index is 0.541. The Kier molecular flexibility index (Phi) is 5.83. The van der Waals surface area contributed by atoms with Gasteiger partial charge in [-0.05, 0) is 48.5 Å². The number of rotatable bonds is 5. The molecule has 0 bridgehead atoms. The molecule has 3 aromatic carbocycles. The van der Waals surface area contributed by atoms with Crippen LogP contribution in [0, 0.1) is 0 Å². The Morgan fingerprint density at radius 3 is 1.48 bits per heavy atom. The first-order chi connectivity index (χ1) is 11.3. The quantitative estimate of drug-likeness (QED) is 0.473. The van der Waals surface area contributed by atoms with Crippen molar-refractivity contribution in [2.75, 3.05) is 12.5 Å². The van der Waals surface area contributed by atoms with E-state index in [-0.39, 0.29) is 0 Å². The zero-order valence-electron chi connectivity index (χ0n) is 13.3. The first-order valence-corrected chi connectivity index (χ1v) is 11.3. The smallest absolute Gasteiger partial charge is 0.0153 e. The van der Waals surface area contributed by atoms with Crippen LogP contribution in [0.4, 0.5) is 0 Å². The summed E-state index contributed by atoms with van der Waals surface area (Å²) >= 11 is 3.67. The van der Waals surface area contributed by atoms with Gasteiger partial charge in [0.2, 0.25) is 0 Å². The third-order valence-electron chi connectivity index (χ3n) is 3.67. The predicted octanol–water partition coefficient (Wildman–Crippen LogP) is 4.89. The van der Waals surface area contributed by atoms with Crippen molar-refractivity contribution in [3.8, 4) is 0 Å². The van der Waals surface area contributed by atoms with Gasteiger partial charge in [-0.2, -0.15) is 0 Å². The topological polar surface area (TPSA) is 0 Å². The largest absolute Gasteiger partial charge is 0.129 e. The second-order valence-corrected chi connectivity index (χ2v) is 8.86. The summed E-state index contributed by atoms with van der Waals surface area (Å²) in [5, 5.41) is 4.30. The van der Waals surface area contributed by atoms with Crippen LogP contribution in [0.5, 0.6) is 0 Å². The van der Waals surface area contributed by atoms with Crippen LogP contribution in [0.15, 0.2) is 88.7 Å². The Labute approximate surface area is 148 Å². The van der Waals surface area contributed by atoms with Crippen molar-refractivity contribution in [1.29, 1.82) is 0 Å². The van der Waals surface area contributed by atoms with E-state index in [2.05, 4.69) is 91.4 Å². The molecule has 23 heavy (non-hydrogen) atoms. The molecule has 0 aromatic heterocycles. The van der Waals surface area contributed by atoms with Gasteiger partial charge >= 0.3 is 0 Å². The molecular weight excluding hydrogens is 335 g/mol. The van der Waals surface area contributed by atoms with E-state index in [1.807, 2.05) is 23.5 Å². The van der Waals surface area contributed by atoms with Crippen molar-refractivity contribution in [3.63, 3.8) is 0 Å². The molecule has 0 aliphatic rings. The van der Waals surface area contributed by atoms with Gasteiger partial charge in [-0.15, -0.1) is 23.5 Å². The third-order valence-corrected chi connectivity index (χ3v) is 8.12. The molecule has 3 rings (SSSR count). The van der Waals surface area contributed by atoms with Gasteiger partial charge < -0.3 is 0 Å². The molecule has 0 saturated heterocycles. The minimum atomic E-state index is -0.541. The van der Waals surface area contributed by atoms with E-state index in [4.69, 9.17) is 0 Å². The number of hydrogen-bond donors (Lipinski definition) is 0. The van der Waals surface area contributed by atoms with Crippen molar-refractivity contribution in [2.24, 2.45) is 0 Å². The maximum Gasteiger partial charge on any atom is 0.0153 e. The summed E-state index contributed by atoms with van der Waals surface area (Å²) in [6.45, 7) is 0. The molecule has 116 valence electrons. The number of thioether (sulfide) groups is 2. The summed E-state index contributed by atoms with van der Waals surface area (Å²) in [6, 6.07) is 28.6. The van der Waals surface area contributed by atoms with Crippen molar-refractivity contribution in [3.05, 3.63) is 78.9 Å². The van der Waals surface area contributed by atoms with Gasteiger partial charge in [0.15, 0.2) is 0 Å². The molecule has 0 saturated carbocycles. The van der Waals surface area contributed by atoms with Crippen LogP contribution < -0.4 is 15.9 Å². The normalized spacial score (nSPS) is 10.9. The Bertz CT molecular complexity index is 724. The second kappa shape index (κ2) is 8.06. The van der Waals surface area contributed by atoms with Gasteiger partial charge in [0.25, 0.3) is 0 Å². The SMILES string of the molecule is CSc1ccccc1P(c1ccccc1)c1ccccc1SC. The van der Waals surface area contributed by atoms with Gasteiger partial charge in [0.1, 0.15) is 0 Å². The van der Waals surface area contributed by atoms with Gasteiger partial charge in [0, 0.05) is 9.79 Å². The summed E-state index contributed by atoms with van der Waals surface area (Å²) in [6.07, 6.45) is 4.33. The molecule has 0 spiro atoms. The van der Waals surface area contributed by atoms with Crippen LogP contribution in [0.25, 0.3) is 0 Å². The Morgan fingerprint density at radius 2 is 1.00 bits per heavy atom. The molecule has 0 fully saturated rings. The van der Waals surface area contributed by atoms with E-state index in [1.54, 1.807) is 0 Å². The van der Waals surface area contributed by atoms with E-state index in [0.29, 0.717) is 0 Å². The third kappa shape index (κ3) is 3.66. The average molecular weight is 354 g/mol. The highest BCUT2D eigenvalue weighted by atomic mass is 32.2. The second-order valence-electron chi connectivity index (χ2n) is 5.01. The van der Waals surface area contributed by atoms with Crippen LogP contribution in [0.3, 0.4) is 0 Å². The highest BCUT2D eigenvalue weighted by Crippen LogP contribution is 2.38. The molecule has 0 heterocycles. The summed E-state index contributed by atoms with van der Waals surface area (Å²) in [7, 11) is -0.541. The van der Waals surface area contributed by atoms with Crippen molar-refractivity contribution in [2.45, 2.75) is 9.79 Å². The monoisotopic (exact) mass is 354 g/mol. The fraction of sp³-hybridized carbons (Fsp3) is 0.100. The van der Waals surface area contributed by atoms with Crippen LogP contribution in [-0.4, -0.2) is 12.5 Å². The Hall–Kier alpha value is -1.21. The molecule has 3 heteroatoms. The molecule has 0 amide bonds. The van der Waals surface area contributed by atoms with E-state index >= 15 is 0 Å². The zero-order valence-corrected chi connectivity index (χ0v) is 15.8. The van der Waals surface area contributed by atoms with Crippen LogP contribution in [0.2, 0.25) is 0 Å². The van der Waals surface area contributed by atoms with Crippen molar-refractivity contribution in [1.82, 2.24) is 0 Å². The molecule has 3 aromatic rings. The van der Waals surface area contributed by atoms with Gasteiger partial charge in [-0.25, -0.2) is 0 Å². The lowest BCUT2D eigenvalue weighted by Crippen LogP contribution is -2.23. The highest BCUT2D eigenvalue weighted by Gasteiger charge is 2.21.